The number of aromatic nitrogens is 2. The van der Waals surface area contributed by atoms with Crippen molar-refractivity contribution in [2.24, 2.45) is 5.73 Å². The second-order valence-corrected chi connectivity index (χ2v) is 6.55. The van der Waals surface area contributed by atoms with Gasteiger partial charge in [-0.05, 0) is 50.1 Å². The molecule has 0 radical (unpaired) electrons. The molecule has 0 amide bonds. The van der Waals surface area contributed by atoms with Gasteiger partial charge in [0.1, 0.15) is 5.54 Å². The first-order valence-corrected chi connectivity index (χ1v) is 7.73. The summed E-state index contributed by atoms with van der Waals surface area (Å²) in [5.41, 5.74) is 6.68. The molecule has 0 aliphatic heterocycles. The number of hydrogen-bond acceptors (Lipinski definition) is 6. The zero-order valence-electron chi connectivity index (χ0n) is 11.8. The first kappa shape index (κ1) is 13.7. The maximum absolute atomic E-state index is 6.26. The number of rotatable bonds is 5. The predicted octanol–water partition coefficient (Wildman–Crippen LogP) is 2.85. The Morgan fingerprint density at radius 1 is 1.55 bits per heavy atom. The summed E-state index contributed by atoms with van der Waals surface area (Å²) in [5.74, 6) is 1.03. The van der Waals surface area contributed by atoms with Crippen LogP contribution in [0.4, 0.5) is 0 Å². The van der Waals surface area contributed by atoms with Crippen molar-refractivity contribution in [1.29, 1.82) is 0 Å². The van der Waals surface area contributed by atoms with Gasteiger partial charge in [0.15, 0.2) is 5.82 Å². The molecule has 3 rings (SSSR count). The zero-order valence-corrected chi connectivity index (χ0v) is 12.6. The van der Waals surface area contributed by atoms with Gasteiger partial charge in [0, 0.05) is 0 Å². The zero-order chi connectivity index (χ0) is 14.2. The van der Waals surface area contributed by atoms with Crippen molar-refractivity contribution in [2.45, 2.75) is 44.8 Å². The Morgan fingerprint density at radius 2 is 2.35 bits per heavy atom. The molecule has 0 saturated heterocycles. The van der Waals surface area contributed by atoms with Crippen molar-refractivity contribution in [3.63, 3.8) is 0 Å². The van der Waals surface area contributed by atoms with E-state index in [1.54, 1.807) is 11.3 Å². The van der Waals surface area contributed by atoms with Gasteiger partial charge in [-0.2, -0.15) is 4.98 Å². The molecule has 0 spiro atoms. The molecule has 1 unspecified atom stereocenters. The van der Waals surface area contributed by atoms with Crippen LogP contribution in [0.2, 0.25) is 0 Å². The van der Waals surface area contributed by atoms with Gasteiger partial charge >= 0.3 is 0 Å². The fourth-order valence-corrected chi connectivity index (χ4v) is 2.88. The minimum absolute atomic E-state index is 0.351. The highest BCUT2D eigenvalue weighted by Crippen LogP contribution is 2.29. The van der Waals surface area contributed by atoms with Gasteiger partial charge in [0.25, 0.3) is 5.89 Å². The second kappa shape index (κ2) is 5.27. The molecule has 2 aromatic heterocycles. The Balaban J connectivity index is 1.73. The lowest BCUT2D eigenvalue weighted by Crippen LogP contribution is -2.41. The third kappa shape index (κ3) is 2.63. The van der Waals surface area contributed by atoms with Gasteiger partial charge in [0.2, 0.25) is 0 Å². The molecular weight excluding hydrogens is 274 g/mol. The maximum atomic E-state index is 6.26. The molecular formula is C14H19N3O2S. The summed E-state index contributed by atoms with van der Waals surface area (Å²) in [5, 5.41) is 6.03. The third-order valence-electron chi connectivity index (χ3n) is 3.66. The molecule has 0 aromatic carbocycles. The summed E-state index contributed by atoms with van der Waals surface area (Å²) >= 11 is 1.59. The van der Waals surface area contributed by atoms with Crippen LogP contribution in [0.1, 0.15) is 37.6 Å². The molecule has 0 bridgehead atoms. The summed E-state index contributed by atoms with van der Waals surface area (Å²) in [6.45, 7) is 4.32. The molecule has 20 heavy (non-hydrogen) atoms. The van der Waals surface area contributed by atoms with Crippen LogP contribution in [0.15, 0.2) is 16.0 Å². The molecule has 6 heteroatoms. The van der Waals surface area contributed by atoms with Crippen molar-refractivity contribution in [1.82, 2.24) is 10.1 Å². The normalized spacial score (nSPS) is 18.8. The summed E-state index contributed by atoms with van der Waals surface area (Å²) in [4.78, 5) is 5.43. The summed E-state index contributed by atoms with van der Waals surface area (Å²) in [7, 11) is 0. The van der Waals surface area contributed by atoms with Crippen LogP contribution in [0, 0.1) is 6.92 Å². The van der Waals surface area contributed by atoms with Crippen molar-refractivity contribution >= 4 is 11.3 Å². The molecule has 1 saturated carbocycles. The summed E-state index contributed by atoms with van der Waals surface area (Å²) < 4.78 is 11.1. The molecule has 5 nitrogen and oxygen atoms in total. The van der Waals surface area contributed by atoms with E-state index in [2.05, 4.69) is 10.1 Å². The Hall–Kier alpha value is -1.24. The molecule has 108 valence electrons. The van der Waals surface area contributed by atoms with E-state index in [-0.39, 0.29) is 0 Å². The largest absolute Gasteiger partial charge is 0.376 e. The summed E-state index contributed by atoms with van der Waals surface area (Å²) in [6, 6.07) is 2.03. The monoisotopic (exact) mass is 293 g/mol. The van der Waals surface area contributed by atoms with E-state index in [9.17, 15) is 0 Å². The van der Waals surface area contributed by atoms with Gasteiger partial charge in [0.05, 0.1) is 17.6 Å². The van der Waals surface area contributed by atoms with Crippen molar-refractivity contribution in [3.05, 3.63) is 22.8 Å². The topological polar surface area (TPSA) is 74.2 Å². The van der Waals surface area contributed by atoms with Gasteiger partial charge in [-0.1, -0.05) is 5.16 Å². The lowest BCUT2D eigenvalue weighted by molar-refractivity contribution is -0.0222. The van der Waals surface area contributed by atoms with Crippen molar-refractivity contribution < 1.29 is 9.26 Å². The molecule has 1 aliphatic rings. The van der Waals surface area contributed by atoms with Crippen LogP contribution in [0.25, 0.3) is 10.8 Å². The molecule has 2 aromatic rings. The van der Waals surface area contributed by atoms with Crippen molar-refractivity contribution in [2.75, 3.05) is 6.61 Å². The maximum Gasteiger partial charge on any atom is 0.268 e. The SMILES string of the molecule is Cc1ccsc1-c1nc(C(C)(N)COC2CCC2)no1. The predicted molar refractivity (Wildman–Crippen MR) is 77.5 cm³/mol. The Kier molecular flexibility index (Phi) is 3.62. The lowest BCUT2D eigenvalue weighted by atomic mass is 9.95. The minimum Gasteiger partial charge on any atom is -0.376 e. The molecule has 2 heterocycles. The van der Waals surface area contributed by atoms with E-state index < -0.39 is 5.54 Å². The van der Waals surface area contributed by atoms with Crippen LogP contribution < -0.4 is 5.73 Å². The first-order chi connectivity index (χ1) is 9.56. The Bertz CT molecular complexity index is 587. The highest BCUT2D eigenvalue weighted by Gasteiger charge is 2.31. The fourth-order valence-electron chi connectivity index (χ4n) is 2.03. The average Bonchev–Trinajstić information content (AvgIpc) is 2.94. The highest BCUT2D eigenvalue weighted by molar-refractivity contribution is 7.13. The van der Waals surface area contributed by atoms with Gasteiger partial charge in [-0.3, -0.25) is 0 Å². The molecule has 2 N–H and O–H groups in total. The summed E-state index contributed by atoms with van der Waals surface area (Å²) in [6.07, 6.45) is 3.85. The number of hydrogen-bond donors (Lipinski definition) is 1. The molecule has 1 fully saturated rings. The smallest absolute Gasteiger partial charge is 0.268 e. The molecule has 1 aliphatic carbocycles. The van der Waals surface area contributed by atoms with E-state index in [1.807, 2.05) is 25.3 Å². The van der Waals surface area contributed by atoms with Gasteiger partial charge in [-0.25, -0.2) is 0 Å². The van der Waals surface area contributed by atoms with E-state index >= 15 is 0 Å². The fraction of sp³-hybridized carbons (Fsp3) is 0.571. The second-order valence-electron chi connectivity index (χ2n) is 5.64. The van der Waals surface area contributed by atoms with E-state index in [4.69, 9.17) is 15.0 Å². The number of nitrogens with two attached hydrogens (primary N) is 1. The van der Waals surface area contributed by atoms with Gasteiger partial charge in [-0.15, -0.1) is 11.3 Å². The van der Waals surface area contributed by atoms with E-state index in [0.29, 0.717) is 24.4 Å². The van der Waals surface area contributed by atoms with Crippen molar-refractivity contribution in [3.8, 4) is 10.8 Å². The minimum atomic E-state index is -0.720. The first-order valence-electron chi connectivity index (χ1n) is 6.85. The van der Waals surface area contributed by atoms with Crippen LogP contribution >= 0.6 is 11.3 Å². The third-order valence-corrected chi connectivity index (χ3v) is 4.67. The van der Waals surface area contributed by atoms with Crippen LogP contribution in [0.3, 0.4) is 0 Å². The lowest BCUT2D eigenvalue weighted by Gasteiger charge is -2.29. The highest BCUT2D eigenvalue weighted by atomic mass is 32.1. The van der Waals surface area contributed by atoms with Crippen LogP contribution in [-0.4, -0.2) is 22.9 Å². The average molecular weight is 293 g/mol. The van der Waals surface area contributed by atoms with Gasteiger partial charge < -0.3 is 15.0 Å². The standard InChI is InChI=1S/C14H19N3O2S/c1-9-6-7-20-11(9)12-16-13(17-19-12)14(2,15)8-18-10-4-3-5-10/h6-7,10H,3-5,8,15H2,1-2H3. The number of nitrogens with zero attached hydrogens (tertiary/aromatic N) is 2. The quantitative estimate of drug-likeness (QED) is 0.917. The van der Waals surface area contributed by atoms with E-state index in [0.717, 1.165) is 23.3 Å². The molecule has 1 atom stereocenters. The van der Waals surface area contributed by atoms with Crippen LogP contribution in [-0.2, 0) is 10.3 Å². The Morgan fingerprint density at radius 3 is 2.95 bits per heavy atom. The number of ether oxygens (including phenoxy) is 1. The Labute approximate surface area is 122 Å². The number of thiophene rings is 1. The van der Waals surface area contributed by atoms with E-state index in [1.165, 1.54) is 6.42 Å². The number of aryl methyl sites for hydroxylation is 1. The van der Waals surface area contributed by atoms with Crippen LogP contribution in [0.5, 0.6) is 0 Å².